The second kappa shape index (κ2) is 5.94. The van der Waals surface area contributed by atoms with Gasteiger partial charge >= 0.3 is 6.09 Å². The summed E-state index contributed by atoms with van der Waals surface area (Å²) in [4.78, 5) is 24.1. The van der Waals surface area contributed by atoms with Crippen LogP contribution in [0.15, 0.2) is 24.3 Å². The third-order valence-corrected chi connectivity index (χ3v) is 3.04. The van der Waals surface area contributed by atoms with Crippen molar-refractivity contribution in [3.05, 3.63) is 29.8 Å². The Morgan fingerprint density at radius 2 is 2.25 bits per heavy atom. The lowest BCUT2D eigenvalue weighted by atomic mass is 10.1. The minimum absolute atomic E-state index is 0.107. The largest absolute Gasteiger partial charge is 0.491 e. The number of hydrogen-bond donors (Lipinski definition) is 0. The molecule has 1 aliphatic heterocycles. The predicted molar refractivity (Wildman–Crippen MR) is 73.6 cm³/mol. The number of imide groups is 1. The zero-order valence-electron chi connectivity index (χ0n) is 12.0. The number of benzene rings is 1. The van der Waals surface area contributed by atoms with Crippen molar-refractivity contribution in [2.75, 3.05) is 6.61 Å². The molecule has 0 bridgehead atoms. The lowest BCUT2D eigenvalue weighted by Gasteiger charge is -2.18. The number of nitrogens with zero attached hydrogens (tertiary/aromatic N) is 1. The van der Waals surface area contributed by atoms with Crippen LogP contribution >= 0.6 is 0 Å². The van der Waals surface area contributed by atoms with Gasteiger partial charge in [0.1, 0.15) is 12.4 Å². The van der Waals surface area contributed by atoms with Crippen LogP contribution in [0.4, 0.5) is 4.79 Å². The Kier molecular flexibility index (Phi) is 4.27. The Morgan fingerprint density at radius 3 is 2.90 bits per heavy atom. The third kappa shape index (κ3) is 3.29. The molecule has 0 spiro atoms. The number of cyclic esters (lactones) is 1. The molecule has 5 nitrogen and oxygen atoms in total. The Balaban J connectivity index is 2.09. The summed E-state index contributed by atoms with van der Waals surface area (Å²) < 4.78 is 10.6. The molecule has 108 valence electrons. The van der Waals surface area contributed by atoms with Gasteiger partial charge < -0.3 is 9.47 Å². The smallest absolute Gasteiger partial charge is 0.416 e. The number of carbonyl (C=O) groups is 2. The quantitative estimate of drug-likeness (QED) is 0.848. The molecule has 0 aromatic heterocycles. The lowest BCUT2D eigenvalue weighted by Crippen LogP contribution is -2.38. The van der Waals surface area contributed by atoms with Gasteiger partial charge in [-0.2, -0.15) is 0 Å². The summed E-state index contributed by atoms with van der Waals surface area (Å²) in [7, 11) is 0. The van der Waals surface area contributed by atoms with Crippen molar-refractivity contribution >= 4 is 12.0 Å². The molecule has 1 saturated heterocycles. The van der Waals surface area contributed by atoms with Crippen LogP contribution in [0.25, 0.3) is 0 Å². The SMILES string of the molecule is CC(=O)N1C(=O)OCC1Cc1cccc(OC(C)C)c1. The monoisotopic (exact) mass is 277 g/mol. The van der Waals surface area contributed by atoms with E-state index < -0.39 is 6.09 Å². The maximum Gasteiger partial charge on any atom is 0.416 e. The van der Waals surface area contributed by atoms with Gasteiger partial charge in [-0.1, -0.05) is 12.1 Å². The van der Waals surface area contributed by atoms with E-state index in [-0.39, 0.29) is 24.7 Å². The molecular formula is C15H19NO4. The number of amides is 2. The van der Waals surface area contributed by atoms with Gasteiger partial charge in [-0.15, -0.1) is 0 Å². The highest BCUT2D eigenvalue weighted by atomic mass is 16.6. The molecule has 2 amide bonds. The first-order valence-corrected chi connectivity index (χ1v) is 6.69. The van der Waals surface area contributed by atoms with Crippen LogP contribution in [0.2, 0.25) is 0 Å². The molecule has 1 heterocycles. The van der Waals surface area contributed by atoms with E-state index in [9.17, 15) is 9.59 Å². The van der Waals surface area contributed by atoms with Gasteiger partial charge in [0.2, 0.25) is 5.91 Å². The molecule has 1 unspecified atom stereocenters. The number of rotatable bonds is 4. The maximum atomic E-state index is 11.5. The van der Waals surface area contributed by atoms with E-state index in [1.165, 1.54) is 11.8 Å². The minimum atomic E-state index is -0.558. The van der Waals surface area contributed by atoms with E-state index in [0.717, 1.165) is 11.3 Å². The van der Waals surface area contributed by atoms with Gasteiger partial charge in [0.15, 0.2) is 0 Å². The van der Waals surface area contributed by atoms with E-state index >= 15 is 0 Å². The van der Waals surface area contributed by atoms with Crippen LogP contribution in [0.3, 0.4) is 0 Å². The summed E-state index contributed by atoms with van der Waals surface area (Å²) in [6.45, 7) is 5.55. The summed E-state index contributed by atoms with van der Waals surface area (Å²) in [6, 6.07) is 7.44. The zero-order chi connectivity index (χ0) is 14.7. The fourth-order valence-electron chi connectivity index (χ4n) is 2.29. The summed E-state index contributed by atoms with van der Waals surface area (Å²) >= 11 is 0. The average Bonchev–Trinajstić information content (AvgIpc) is 2.70. The summed E-state index contributed by atoms with van der Waals surface area (Å²) in [5, 5.41) is 0. The van der Waals surface area contributed by atoms with E-state index in [1.54, 1.807) is 0 Å². The molecule has 0 aliphatic carbocycles. The maximum absolute atomic E-state index is 11.5. The molecule has 20 heavy (non-hydrogen) atoms. The first kappa shape index (κ1) is 14.4. The van der Waals surface area contributed by atoms with Gasteiger partial charge in [-0.05, 0) is 38.0 Å². The second-order valence-corrected chi connectivity index (χ2v) is 5.14. The highest BCUT2D eigenvalue weighted by molar-refractivity contribution is 5.92. The molecule has 5 heteroatoms. The van der Waals surface area contributed by atoms with Crippen LogP contribution in [-0.2, 0) is 16.0 Å². The summed E-state index contributed by atoms with van der Waals surface area (Å²) in [6.07, 6.45) is 0.119. The highest BCUT2D eigenvalue weighted by Crippen LogP contribution is 2.20. The Bertz CT molecular complexity index is 512. The van der Waals surface area contributed by atoms with Crippen LogP contribution in [0, 0.1) is 0 Å². The Hall–Kier alpha value is -2.04. The molecule has 0 saturated carbocycles. The van der Waals surface area contributed by atoms with E-state index in [0.29, 0.717) is 6.42 Å². The average molecular weight is 277 g/mol. The van der Waals surface area contributed by atoms with Crippen molar-refractivity contribution in [2.24, 2.45) is 0 Å². The normalized spacial score (nSPS) is 18.3. The molecule has 1 fully saturated rings. The molecule has 1 aliphatic rings. The van der Waals surface area contributed by atoms with Crippen molar-refractivity contribution in [3.8, 4) is 5.75 Å². The third-order valence-electron chi connectivity index (χ3n) is 3.04. The number of carbonyl (C=O) groups excluding carboxylic acids is 2. The fourth-order valence-corrected chi connectivity index (χ4v) is 2.29. The van der Waals surface area contributed by atoms with Gasteiger partial charge in [0.05, 0.1) is 12.1 Å². The first-order chi connectivity index (χ1) is 9.47. The highest BCUT2D eigenvalue weighted by Gasteiger charge is 2.35. The fraction of sp³-hybridized carbons (Fsp3) is 0.467. The molecule has 0 N–H and O–H groups in total. The molecule has 1 aromatic rings. The summed E-state index contributed by atoms with van der Waals surface area (Å²) in [5.74, 6) is 0.504. The van der Waals surface area contributed by atoms with E-state index in [4.69, 9.17) is 9.47 Å². The van der Waals surface area contributed by atoms with Crippen molar-refractivity contribution in [3.63, 3.8) is 0 Å². The van der Waals surface area contributed by atoms with Gasteiger partial charge in [-0.3, -0.25) is 4.79 Å². The van der Waals surface area contributed by atoms with Crippen molar-refractivity contribution in [2.45, 2.75) is 39.3 Å². The summed E-state index contributed by atoms with van der Waals surface area (Å²) in [5.41, 5.74) is 1.01. The van der Waals surface area contributed by atoms with Crippen LogP contribution in [0.5, 0.6) is 5.75 Å². The van der Waals surface area contributed by atoms with E-state index in [1.807, 2.05) is 38.1 Å². The van der Waals surface area contributed by atoms with Crippen molar-refractivity contribution in [1.29, 1.82) is 0 Å². The molecular weight excluding hydrogens is 258 g/mol. The van der Waals surface area contributed by atoms with E-state index in [2.05, 4.69) is 0 Å². The standard InChI is InChI=1S/C15H19NO4/c1-10(2)20-14-6-4-5-12(8-14)7-13-9-19-15(18)16(13)11(3)17/h4-6,8,10,13H,7,9H2,1-3H3. The molecule has 2 rings (SSSR count). The van der Waals surface area contributed by atoms with Crippen LogP contribution in [-0.4, -0.2) is 35.7 Å². The molecule has 0 radical (unpaired) electrons. The van der Waals surface area contributed by atoms with Crippen molar-refractivity contribution in [1.82, 2.24) is 4.90 Å². The predicted octanol–water partition coefficient (Wildman–Crippen LogP) is 2.38. The van der Waals surface area contributed by atoms with Crippen LogP contribution in [0.1, 0.15) is 26.3 Å². The van der Waals surface area contributed by atoms with Crippen LogP contribution < -0.4 is 4.74 Å². The van der Waals surface area contributed by atoms with Crippen molar-refractivity contribution < 1.29 is 19.1 Å². The Morgan fingerprint density at radius 1 is 1.50 bits per heavy atom. The van der Waals surface area contributed by atoms with Gasteiger partial charge in [0.25, 0.3) is 0 Å². The molecule has 1 atom stereocenters. The van der Waals surface area contributed by atoms with Gasteiger partial charge in [-0.25, -0.2) is 9.69 Å². The minimum Gasteiger partial charge on any atom is -0.491 e. The zero-order valence-corrected chi connectivity index (χ0v) is 12.0. The topological polar surface area (TPSA) is 55.8 Å². The first-order valence-electron chi connectivity index (χ1n) is 6.69. The number of ether oxygens (including phenoxy) is 2. The van der Waals surface area contributed by atoms with Gasteiger partial charge in [0, 0.05) is 6.92 Å². The second-order valence-electron chi connectivity index (χ2n) is 5.14. The molecule has 1 aromatic carbocycles. The Labute approximate surface area is 118 Å². The lowest BCUT2D eigenvalue weighted by molar-refractivity contribution is -0.126. The number of hydrogen-bond acceptors (Lipinski definition) is 4.